The Labute approximate surface area is 209 Å². The van der Waals surface area contributed by atoms with Crippen LogP contribution in [0, 0.1) is 5.92 Å². The number of aryl methyl sites for hydroxylation is 1. The summed E-state index contributed by atoms with van der Waals surface area (Å²) in [6.07, 6.45) is -1.24. The Balaban J connectivity index is 1.42. The SMILES string of the molecule is O=C(C1CNCC12CCCc1nc(Cl)ccc12)N1CCC(c2ccccc2)CC1CCC(F)(F)F. The van der Waals surface area contributed by atoms with Crippen LogP contribution in [0.3, 0.4) is 0 Å². The minimum atomic E-state index is -4.24. The molecule has 0 radical (unpaired) electrons. The molecule has 35 heavy (non-hydrogen) atoms. The average molecular weight is 506 g/mol. The van der Waals surface area contributed by atoms with Crippen molar-refractivity contribution in [1.82, 2.24) is 15.2 Å². The highest BCUT2D eigenvalue weighted by Gasteiger charge is 2.52. The lowest BCUT2D eigenvalue weighted by molar-refractivity contribution is -0.149. The molecule has 4 nitrogen and oxygen atoms in total. The molecule has 4 unspecified atom stereocenters. The Morgan fingerprint density at radius 2 is 2.00 bits per heavy atom. The fourth-order valence-corrected chi connectivity index (χ4v) is 6.79. The Morgan fingerprint density at radius 3 is 2.77 bits per heavy atom. The maximum absolute atomic E-state index is 14.1. The van der Waals surface area contributed by atoms with Gasteiger partial charge in [-0.25, -0.2) is 4.98 Å². The lowest BCUT2D eigenvalue weighted by atomic mass is 9.65. The second-order valence-electron chi connectivity index (χ2n) is 10.3. The van der Waals surface area contributed by atoms with Gasteiger partial charge in [-0.05, 0) is 61.6 Å². The first-order valence-corrected chi connectivity index (χ1v) is 12.9. The van der Waals surface area contributed by atoms with Crippen molar-refractivity contribution in [3.05, 3.63) is 64.4 Å². The van der Waals surface area contributed by atoms with Crippen LogP contribution in [0.25, 0.3) is 0 Å². The quantitative estimate of drug-likeness (QED) is 0.546. The summed E-state index contributed by atoms with van der Waals surface area (Å²) in [5.41, 5.74) is 2.77. The standard InChI is InChI=1S/C27H31ClF3N3O/c28-24-9-8-21-23(33-24)7-4-12-26(21)17-32-16-22(26)25(35)34-14-11-19(18-5-2-1-3-6-18)15-20(34)10-13-27(29,30)31/h1-3,5-6,8-9,19-20,22,32H,4,7,10-17H2. The van der Waals surface area contributed by atoms with Crippen LogP contribution >= 0.6 is 11.6 Å². The van der Waals surface area contributed by atoms with E-state index in [2.05, 4.69) is 10.3 Å². The molecule has 2 aromatic rings. The molecule has 5 rings (SSSR count). The van der Waals surface area contributed by atoms with Gasteiger partial charge in [0.25, 0.3) is 0 Å². The molecule has 4 atom stereocenters. The third-order valence-electron chi connectivity index (χ3n) is 8.30. The molecule has 2 saturated heterocycles. The maximum atomic E-state index is 14.1. The van der Waals surface area contributed by atoms with Gasteiger partial charge in [0.05, 0.1) is 5.92 Å². The summed E-state index contributed by atoms with van der Waals surface area (Å²) in [6.45, 7) is 1.69. The van der Waals surface area contributed by atoms with Crippen molar-refractivity contribution < 1.29 is 18.0 Å². The van der Waals surface area contributed by atoms with Crippen LogP contribution in [0.1, 0.15) is 61.3 Å². The maximum Gasteiger partial charge on any atom is 0.389 e. The number of piperidine rings is 1. The number of halogens is 4. The summed E-state index contributed by atoms with van der Waals surface area (Å²) in [7, 11) is 0. The predicted octanol–water partition coefficient (Wildman–Crippen LogP) is 5.65. The molecule has 1 spiro atoms. The van der Waals surface area contributed by atoms with E-state index < -0.39 is 18.6 Å². The number of likely N-dealkylation sites (tertiary alicyclic amines) is 1. The lowest BCUT2D eigenvalue weighted by Crippen LogP contribution is -2.53. The fourth-order valence-electron chi connectivity index (χ4n) is 6.63. The van der Waals surface area contributed by atoms with Crippen molar-refractivity contribution in [3.63, 3.8) is 0 Å². The topological polar surface area (TPSA) is 45.2 Å². The van der Waals surface area contributed by atoms with E-state index in [1.807, 2.05) is 36.4 Å². The molecule has 2 fully saturated rings. The molecule has 8 heteroatoms. The summed E-state index contributed by atoms with van der Waals surface area (Å²) in [5.74, 6) is -0.168. The molecule has 3 heterocycles. The van der Waals surface area contributed by atoms with Crippen molar-refractivity contribution in [3.8, 4) is 0 Å². The van der Waals surface area contributed by atoms with Gasteiger partial charge in [0.15, 0.2) is 0 Å². The summed E-state index contributed by atoms with van der Waals surface area (Å²) in [5, 5.41) is 3.87. The molecule has 1 aromatic carbocycles. The van der Waals surface area contributed by atoms with Crippen LogP contribution in [-0.4, -0.2) is 47.6 Å². The number of hydrogen-bond donors (Lipinski definition) is 1. The highest BCUT2D eigenvalue weighted by Crippen LogP contribution is 2.46. The smallest absolute Gasteiger partial charge is 0.339 e. The van der Waals surface area contributed by atoms with E-state index in [0.29, 0.717) is 31.2 Å². The number of amides is 1. The van der Waals surface area contributed by atoms with E-state index in [9.17, 15) is 18.0 Å². The third kappa shape index (κ3) is 4.94. The zero-order valence-corrected chi connectivity index (χ0v) is 20.4. The molecule has 1 aromatic heterocycles. The highest BCUT2D eigenvalue weighted by molar-refractivity contribution is 6.29. The zero-order valence-electron chi connectivity index (χ0n) is 19.7. The first-order valence-electron chi connectivity index (χ1n) is 12.6. The van der Waals surface area contributed by atoms with Crippen molar-refractivity contribution in [2.24, 2.45) is 5.92 Å². The monoisotopic (exact) mass is 505 g/mol. The molecule has 1 aliphatic carbocycles. The van der Waals surface area contributed by atoms with Crippen molar-refractivity contribution in [1.29, 1.82) is 0 Å². The third-order valence-corrected chi connectivity index (χ3v) is 8.51. The highest BCUT2D eigenvalue weighted by atomic mass is 35.5. The molecular weight excluding hydrogens is 475 g/mol. The first-order chi connectivity index (χ1) is 16.8. The number of pyridine rings is 1. The molecule has 188 valence electrons. The molecule has 1 N–H and O–H groups in total. The number of benzene rings is 1. The number of alkyl halides is 3. The van der Waals surface area contributed by atoms with Crippen LogP contribution in [0.2, 0.25) is 5.15 Å². The molecule has 2 aliphatic heterocycles. The predicted molar refractivity (Wildman–Crippen MR) is 129 cm³/mol. The number of aromatic nitrogens is 1. The van der Waals surface area contributed by atoms with Crippen molar-refractivity contribution in [2.75, 3.05) is 19.6 Å². The molecule has 0 saturated carbocycles. The van der Waals surface area contributed by atoms with Crippen molar-refractivity contribution >= 4 is 17.5 Å². The number of nitrogens with one attached hydrogen (secondary N) is 1. The Kier molecular flexibility index (Phi) is 6.83. The largest absolute Gasteiger partial charge is 0.389 e. The van der Waals surface area contributed by atoms with E-state index in [-0.39, 0.29) is 29.6 Å². The summed E-state index contributed by atoms with van der Waals surface area (Å²) in [6, 6.07) is 13.3. The molecular formula is C27H31ClF3N3O. The van der Waals surface area contributed by atoms with Crippen molar-refractivity contribution in [2.45, 2.75) is 68.5 Å². The van der Waals surface area contributed by atoms with E-state index in [0.717, 1.165) is 42.5 Å². The van der Waals surface area contributed by atoms with E-state index >= 15 is 0 Å². The summed E-state index contributed by atoms with van der Waals surface area (Å²) >= 11 is 6.15. The van der Waals surface area contributed by atoms with Crippen LogP contribution in [0.15, 0.2) is 42.5 Å². The molecule has 1 amide bonds. The van der Waals surface area contributed by atoms with Gasteiger partial charge in [-0.3, -0.25) is 4.79 Å². The van der Waals surface area contributed by atoms with Gasteiger partial charge in [-0.1, -0.05) is 48.0 Å². The second-order valence-corrected chi connectivity index (χ2v) is 10.7. The van der Waals surface area contributed by atoms with Crippen LogP contribution in [0.4, 0.5) is 13.2 Å². The fraction of sp³-hybridized carbons (Fsp3) is 0.556. The lowest BCUT2D eigenvalue weighted by Gasteiger charge is -2.45. The second kappa shape index (κ2) is 9.74. The van der Waals surface area contributed by atoms with Gasteiger partial charge >= 0.3 is 6.18 Å². The minimum absolute atomic E-state index is 0.0171. The Bertz CT molecular complexity index is 1060. The number of nitrogens with zero attached hydrogens (tertiary/aromatic N) is 2. The Hall–Kier alpha value is -2.12. The number of fused-ring (bicyclic) bond motifs is 2. The van der Waals surface area contributed by atoms with E-state index in [1.54, 1.807) is 11.0 Å². The van der Waals surface area contributed by atoms with Gasteiger partial charge in [0, 0.05) is 43.2 Å². The van der Waals surface area contributed by atoms with Gasteiger partial charge in [0.2, 0.25) is 5.91 Å². The first kappa shape index (κ1) is 24.6. The Morgan fingerprint density at radius 1 is 1.20 bits per heavy atom. The molecule has 3 aliphatic rings. The van der Waals surface area contributed by atoms with E-state index in [4.69, 9.17) is 11.6 Å². The number of carbonyl (C=O) groups excluding carboxylic acids is 1. The normalized spacial score (nSPS) is 28.8. The average Bonchev–Trinajstić information content (AvgIpc) is 3.26. The van der Waals surface area contributed by atoms with E-state index in [1.165, 1.54) is 0 Å². The number of rotatable bonds is 4. The van der Waals surface area contributed by atoms with Gasteiger partial charge in [0.1, 0.15) is 5.15 Å². The van der Waals surface area contributed by atoms with Gasteiger partial charge < -0.3 is 10.2 Å². The molecule has 0 bridgehead atoms. The zero-order chi connectivity index (χ0) is 24.6. The van der Waals surface area contributed by atoms with Gasteiger partial charge in [-0.15, -0.1) is 0 Å². The van der Waals surface area contributed by atoms with Crippen LogP contribution in [0.5, 0.6) is 0 Å². The number of hydrogen-bond acceptors (Lipinski definition) is 3. The van der Waals surface area contributed by atoms with Gasteiger partial charge in [-0.2, -0.15) is 13.2 Å². The summed E-state index contributed by atoms with van der Waals surface area (Å²) < 4.78 is 39.6. The summed E-state index contributed by atoms with van der Waals surface area (Å²) in [4.78, 5) is 20.4. The van der Waals surface area contributed by atoms with Crippen LogP contribution in [-0.2, 0) is 16.6 Å². The number of carbonyl (C=O) groups is 1. The minimum Gasteiger partial charge on any atom is -0.339 e. The van der Waals surface area contributed by atoms with Crippen LogP contribution < -0.4 is 5.32 Å².